The Balaban J connectivity index is 1.67. The summed E-state index contributed by atoms with van der Waals surface area (Å²) >= 11 is 0. The highest BCUT2D eigenvalue weighted by Crippen LogP contribution is 2.26. The number of halogens is 2. The van der Waals surface area contributed by atoms with E-state index in [2.05, 4.69) is 4.98 Å². The largest absolute Gasteiger partial charge is 0.383 e. The maximum Gasteiger partial charge on any atom is 0.227 e. The predicted molar refractivity (Wildman–Crippen MR) is 92.7 cm³/mol. The molecule has 0 saturated carbocycles. The molecule has 140 valence electrons. The van der Waals surface area contributed by atoms with Crippen molar-refractivity contribution in [1.29, 1.82) is 0 Å². The van der Waals surface area contributed by atoms with Gasteiger partial charge in [0.25, 0.3) is 0 Å². The van der Waals surface area contributed by atoms with E-state index < -0.39 is 11.6 Å². The number of aromatic nitrogens is 2. The second-order valence-electron chi connectivity index (χ2n) is 6.54. The fraction of sp³-hybridized carbons (Fsp3) is 0.474. The first-order chi connectivity index (χ1) is 12.6. The second kappa shape index (κ2) is 8.40. The number of methoxy groups -OCH3 is 1. The topological polar surface area (TPSA) is 47.4 Å². The summed E-state index contributed by atoms with van der Waals surface area (Å²) in [6, 6.07) is 3.93. The lowest BCUT2D eigenvalue weighted by molar-refractivity contribution is -0.131. The summed E-state index contributed by atoms with van der Waals surface area (Å²) in [6.45, 7) is 2.48. The number of imidazole rings is 1. The number of benzene rings is 1. The van der Waals surface area contributed by atoms with Crippen molar-refractivity contribution in [2.45, 2.75) is 31.7 Å². The molecule has 26 heavy (non-hydrogen) atoms. The van der Waals surface area contributed by atoms with Crippen LogP contribution in [-0.2, 0) is 22.5 Å². The number of nitrogens with zero attached hydrogens (tertiary/aromatic N) is 3. The normalized spacial score (nSPS) is 17.5. The minimum absolute atomic E-state index is 0.0960. The van der Waals surface area contributed by atoms with Gasteiger partial charge in [-0.3, -0.25) is 4.79 Å². The molecule has 1 saturated heterocycles. The van der Waals surface area contributed by atoms with E-state index >= 15 is 0 Å². The average Bonchev–Trinajstić information content (AvgIpc) is 3.12. The molecule has 5 nitrogen and oxygen atoms in total. The van der Waals surface area contributed by atoms with Crippen LogP contribution >= 0.6 is 0 Å². The van der Waals surface area contributed by atoms with Crippen LogP contribution in [0.25, 0.3) is 0 Å². The predicted octanol–water partition coefficient (Wildman–Crippen LogP) is 2.76. The molecule has 1 aromatic carbocycles. The first-order valence-electron chi connectivity index (χ1n) is 8.80. The first kappa shape index (κ1) is 18.5. The van der Waals surface area contributed by atoms with E-state index in [1.165, 1.54) is 12.1 Å². The maximum atomic E-state index is 13.8. The van der Waals surface area contributed by atoms with Gasteiger partial charge in [0.15, 0.2) is 11.6 Å². The van der Waals surface area contributed by atoms with E-state index in [-0.39, 0.29) is 23.8 Å². The minimum Gasteiger partial charge on any atom is -0.383 e. The molecule has 1 fully saturated rings. The first-order valence-corrected chi connectivity index (χ1v) is 8.80. The Morgan fingerprint density at radius 1 is 1.38 bits per heavy atom. The van der Waals surface area contributed by atoms with Crippen LogP contribution in [-0.4, -0.2) is 47.2 Å². The molecule has 2 heterocycles. The SMILES string of the molecule is COCCn1ccnc1[C@@H]1CCCN(C(=O)Cc2cccc(F)c2F)C1. The molecule has 1 atom stereocenters. The van der Waals surface area contributed by atoms with Gasteiger partial charge in [-0.2, -0.15) is 0 Å². The van der Waals surface area contributed by atoms with Crippen LogP contribution in [0.1, 0.15) is 30.1 Å². The molecule has 1 amide bonds. The lowest BCUT2D eigenvalue weighted by Crippen LogP contribution is -2.40. The van der Waals surface area contributed by atoms with Crippen LogP contribution in [0.3, 0.4) is 0 Å². The Labute approximate surface area is 151 Å². The Bertz CT molecular complexity index is 763. The van der Waals surface area contributed by atoms with Crippen molar-refractivity contribution >= 4 is 5.91 Å². The van der Waals surface area contributed by atoms with E-state index in [0.717, 1.165) is 24.7 Å². The zero-order valence-corrected chi connectivity index (χ0v) is 14.8. The van der Waals surface area contributed by atoms with Crippen LogP contribution in [0.2, 0.25) is 0 Å². The van der Waals surface area contributed by atoms with Crippen LogP contribution < -0.4 is 0 Å². The zero-order chi connectivity index (χ0) is 18.5. The summed E-state index contributed by atoms with van der Waals surface area (Å²) in [5.74, 6) is -0.973. The Kier molecular flexibility index (Phi) is 5.98. The standard InChI is InChI=1S/C19H23F2N3O2/c1-26-11-10-23-9-7-22-19(23)15-5-3-8-24(13-15)17(25)12-14-4-2-6-16(20)18(14)21/h2,4,6-7,9,15H,3,5,8,10-13H2,1H3/t15-/m1/s1. The fourth-order valence-electron chi connectivity index (χ4n) is 3.43. The number of hydrogen-bond acceptors (Lipinski definition) is 3. The quantitative estimate of drug-likeness (QED) is 0.793. The molecule has 0 aliphatic carbocycles. The molecule has 2 aromatic rings. The number of hydrogen-bond donors (Lipinski definition) is 0. The molecule has 3 rings (SSSR count). The van der Waals surface area contributed by atoms with Crippen molar-refractivity contribution in [2.75, 3.05) is 26.8 Å². The van der Waals surface area contributed by atoms with Crippen molar-refractivity contribution in [1.82, 2.24) is 14.5 Å². The summed E-state index contributed by atoms with van der Waals surface area (Å²) in [6.07, 6.45) is 5.35. The van der Waals surface area contributed by atoms with Crippen LogP contribution in [0.5, 0.6) is 0 Å². The van der Waals surface area contributed by atoms with Gasteiger partial charge >= 0.3 is 0 Å². The molecule has 0 unspecified atom stereocenters. The molecule has 1 aromatic heterocycles. The maximum absolute atomic E-state index is 13.8. The van der Waals surface area contributed by atoms with Crippen molar-refractivity contribution in [3.05, 3.63) is 53.6 Å². The van der Waals surface area contributed by atoms with Gasteiger partial charge in [0.2, 0.25) is 5.91 Å². The molecule has 0 N–H and O–H groups in total. The molecule has 0 spiro atoms. The van der Waals surface area contributed by atoms with Gasteiger partial charge in [0.05, 0.1) is 13.0 Å². The smallest absolute Gasteiger partial charge is 0.227 e. The highest BCUT2D eigenvalue weighted by Gasteiger charge is 2.28. The van der Waals surface area contributed by atoms with E-state index in [9.17, 15) is 13.6 Å². The highest BCUT2D eigenvalue weighted by atomic mass is 19.2. The number of piperidine rings is 1. The van der Waals surface area contributed by atoms with E-state index in [1.54, 1.807) is 18.2 Å². The zero-order valence-electron chi connectivity index (χ0n) is 14.8. The Morgan fingerprint density at radius 3 is 3.04 bits per heavy atom. The highest BCUT2D eigenvalue weighted by molar-refractivity contribution is 5.79. The molecule has 1 aliphatic heterocycles. The number of carbonyl (C=O) groups excluding carboxylic acids is 1. The third kappa shape index (κ3) is 4.09. The number of likely N-dealkylation sites (tertiary alicyclic amines) is 1. The van der Waals surface area contributed by atoms with Crippen molar-refractivity contribution in [3.8, 4) is 0 Å². The molecule has 0 bridgehead atoms. The summed E-state index contributed by atoms with van der Waals surface area (Å²) in [7, 11) is 1.66. The van der Waals surface area contributed by atoms with Crippen molar-refractivity contribution < 1.29 is 18.3 Å². The minimum atomic E-state index is -0.940. The van der Waals surface area contributed by atoms with Crippen molar-refractivity contribution in [2.24, 2.45) is 0 Å². The van der Waals surface area contributed by atoms with Crippen LogP contribution in [0.4, 0.5) is 8.78 Å². The lowest BCUT2D eigenvalue weighted by atomic mass is 9.96. The molecule has 0 radical (unpaired) electrons. The Hall–Kier alpha value is -2.28. The second-order valence-corrected chi connectivity index (χ2v) is 6.54. The number of ether oxygens (including phenoxy) is 1. The molecular formula is C19H23F2N3O2. The van der Waals surface area contributed by atoms with Gasteiger partial charge in [-0.05, 0) is 18.9 Å². The molecule has 1 aliphatic rings. The summed E-state index contributed by atoms with van der Waals surface area (Å²) < 4.78 is 34.3. The lowest BCUT2D eigenvalue weighted by Gasteiger charge is -2.33. The van der Waals surface area contributed by atoms with E-state index in [4.69, 9.17) is 4.74 Å². The van der Waals surface area contributed by atoms with Gasteiger partial charge in [-0.1, -0.05) is 12.1 Å². The monoisotopic (exact) mass is 363 g/mol. The average molecular weight is 363 g/mol. The molecule has 7 heteroatoms. The van der Waals surface area contributed by atoms with Gasteiger partial charge in [0, 0.05) is 50.6 Å². The molecular weight excluding hydrogens is 340 g/mol. The van der Waals surface area contributed by atoms with Gasteiger partial charge in [-0.15, -0.1) is 0 Å². The number of amides is 1. The summed E-state index contributed by atoms with van der Waals surface area (Å²) in [4.78, 5) is 18.8. The summed E-state index contributed by atoms with van der Waals surface area (Å²) in [5.41, 5.74) is 0.0960. The van der Waals surface area contributed by atoms with Gasteiger partial charge in [-0.25, -0.2) is 13.8 Å². The summed E-state index contributed by atoms with van der Waals surface area (Å²) in [5, 5.41) is 0. The van der Waals surface area contributed by atoms with Crippen molar-refractivity contribution in [3.63, 3.8) is 0 Å². The van der Waals surface area contributed by atoms with Gasteiger partial charge in [0.1, 0.15) is 5.82 Å². The van der Waals surface area contributed by atoms with Gasteiger partial charge < -0.3 is 14.2 Å². The van der Waals surface area contributed by atoms with E-state index in [1.807, 2.05) is 10.8 Å². The third-order valence-corrected chi connectivity index (χ3v) is 4.80. The number of carbonyl (C=O) groups is 1. The van der Waals surface area contributed by atoms with E-state index in [0.29, 0.717) is 26.2 Å². The third-order valence-electron chi connectivity index (χ3n) is 4.80. The fourth-order valence-corrected chi connectivity index (χ4v) is 3.43. The Morgan fingerprint density at radius 2 is 2.23 bits per heavy atom. The van der Waals surface area contributed by atoms with Crippen LogP contribution in [0.15, 0.2) is 30.6 Å². The number of rotatable bonds is 6. The van der Waals surface area contributed by atoms with Crippen LogP contribution in [0, 0.1) is 11.6 Å².